The molecule has 124 valence electrons. The van der Waals surface area contributed by atoms with E-state index in [2.05, 4.69) is 53.3 Å². The maximum absolute atomic E-state index is 5.90. The topological polar surface area (TPSA) is 62.9 Å². The first-order valence-corrected chi connectivity index (χ1v) is 8.01. The van der Waals surface area contributed by atoms with Crippen molar-refractivity contribution in [2.45, 2.75) is 26.3 Å². The molecule has 1 aromatic carbocycles. The number of ether oxygens (including phenoxy) is 1. The van der Waals surface area contributed by atoms with Gasteiger partial charge in [0.1, 0.15) is 0 Å². The molecule has 0 saturated carbocycles. The van der Waals surface area contributed by atoms with Crippen LogP contribution < -0.4 is 11.1 Å². The van der Waals surface area contributed by atoms with Crippen molar-refractivity contribution in [3.05, 3.63) is 35.9 Å². The average Bonchev–Trinajstić information content (AvgIpc) is 2.54. The zero-order valence-electron chi connectivity index (χ0n) is 14.1. The number of benzene rings is 1. The van der Waals surface area contributed by atoms with E-state index in [1.165, 1.54) is 5.56 Å². The fourth-order valence-electron chi connectivity index (χ4n) is 2.48. The van der Waals surface area contributed by atoms with Gasteiger partial charge < -0.3 is 15.8 Å². The summed E-state index contributed by atoms with van der Waals surface area (Å²) in [6, 6.07) is 10.9. The molecule has 0 aliphatic carbocycles. The first-order valence-electron chi connectivity index (χ1n) is 8.01. The molecule has 5 nitrogen and oxygen atoms in total. The standard InChI is InChI=1S/C17H30N4O/c1-4-21(5-2)16(13-15-9-7-6-8-10-15)14-20-17(18)19-11-12-22-3/h6-10,16H,4-5,11-14H2,1-3H3,(H3,18,19,20). The molecule has 0 saturated heterocycles. The van der Waals surface area contributed by atoms with Gasteiger partial charge in [0.15, 0.2) is 5.96 Å². The number of hydrogen-bond acceptors (Lipinski definition) is 3. The fourth-order valence-corrected chi connectivity index (χ4v) is 2.48. The van der Waals surface area contributed by atoms with Crippen LogP contribution in [0.15, 0.2) is 35.3 Å². The van der Waals surface area contributed by atoms with Crippen LogP contribution in [0.4, 0.5) is 0 Å². The van der Waals surface area contributed by atoms with Gasteiger partial charge in [-0.05, 0) is 25.1 Å². The number of nitrogens with two attached hydrogens (primary N) is 1. The van der Waals surface area contributed by atoms with Crippen LogP contribution in [0.1, 0.15) is 19.4 Å². The summed E-state index contributed by atoms with van der Waals surface area (Å²) in [6.45, 7) is 8.40. The second-order valence-corrected chi connectivity index (χ2v) is 5.21. The Morgan fingerprint density at radius 1 is 1.27 bits per heavy atom. The lowest BCUT2D eigenvalue weighted by atomic mass is 10.0. The molecule has 0 spiro atoms. The summed E-state index contributed by atoms with van der Waals surface area (Å²) in [5.74, 6) is 0.488. The Hall–Kier alpha value is -1.59. The highest BCUT2D eigenvalue weighted by molar-refractivity contribution is 5.77. The normalized spacial score (nSPS) is 13.4. The summed E-state index contributed by atoms with van der Waals surface area (Å²) < 4.78 is 4.99. The van der Waals surface area contributed by atoms with E-state index in [0.717, 1.165) is 19.5 Å². The first-order chi connectivity index (χ1) is 10.7. The molecule has 3 N–H and O–H groups in total. The summed E-state index contributed by atoms with van der Waals surface area (Å²) in [6.07, 6.45) is 0.984. The molecule has 1 rings (SSSR count). The monoisotopic (exact) mass is 306 g/mol. The molecular formula is C17H30N4O. The number of rotatable bonds is 10. The van der Waals surface area contributed by atoms with Crippen LogP contribution in [0.25, 0.3) is 0 Å². The second-order valence-electron chi connectivity index (χ2n) is 5.21. The van der Waals surface area contributed by atoms with Crippen molar-refractivity contribution >= 4 is 5.96 Å². The highest BCUT2D eigenvalue weighted by Gasteiger charge is 2.16. The van der Waals surface area contributed by atoms with Crippen LogP contribution in [-0.4, -0.2) is 56.8 Å². The van der Waals surface area contributed by atoms with Crippen molar-refractivity contribution in [1.29, 1.82) is 0 Å². The Morgan fingerprint density at radius 2 is 1.95 bits per heavy atom. The maximum Gasteiger partial charge on any atom is 0.188 e. The molecule has 1 unspecified atom stereocenters. The van der Waals surface area contributed by atoms with Gasteiger partial charge in [-0.2, -0.15) is 0 Å². The first kappa shape index (κ1) is 18.5. The van der Waals surface area contributed by atoms with E-state index in [-0.39, 0.29) is 0 Å². The number of guanidine groups is 1. The van der Waals surface area contributed by atoms with Gasteiger partial charge in [0.25, 0.3) is 0 Å². The Morgan fingerprint density at radius 3 is 2.55 bits per heavy atom. The minimum atomic E-state index is 0.361. The molecule has 0 heterocycles. The molecule has 0 fully saturated rings. The third kappa shape index (κ3) is 6.91. The molecular weight excluding hydrogens is 276 g/mol. The van der Waals surface area contributed by atoms with Crippen molar-refractivity contribution in [3.8, 4) is 0 Å². The van der Waals surface area contributed by atoms with Crippen LogP contribution in [0, 0.1) is 0 Å². The van der Waals surface area contributed by atoms with Crippen molar-refractivity contribution in [3.63, 3.8) is 0 Å². The van der Waals surface area contributed by atoms with Gasteiger partial charge in [0, 0.05) is 19.7 Å². The molecule has 1 aromatic rings. The number of likely N-dealkylation sites (N-methyl/N-ethyl adjacent to an activating group) is 1. The number of hydrogen-bond donors (Lipinski definition) is 2. The molecule has 1 atom stereocenters. The van der Waals surface area contributed by atoms with Gasteiger partial charge in [-0.1, -0.05) is 44.2 Å². The smallest absolute Gasteiger partial charge is 0.188 e. The van der Waals surface area contributed by atoms with E-state index in [1.807, 2.05) is 6.07 Å². The minimum Gasteiger partial charge on any atom is -0.383 e. The van der Waals surface area contributed by atoms with Gasteiger partial charge in [0.05, 0.1) is 13.2 Å². The summed E-state index contributed by atoms with van der Waals surface area (Å²) in [5.41, 5.74) is 7.24. The van der Waals surface area contributed by atoms with Gasteiger partial charge in [-0.25, -0.2) is 0 Å². The summed E-state index contributed by atoms with van der Waals surface area (Å²) in [5, 5.41) is 3.06. The van der Waals surface area contributed by atoms with E-state index in [1.54, 1.807) is 7.11 Å². The Bertz CT molecular complexity index is 418. The Labute approximate surface area is 134 Å². The lowest BCUT2D eigenvalue weighted by Gasteiger charge is -2.28. The van der Waals surface area contributed by atoms with Crippen molar-refractivity contribution < 1.29 is 4.74 Å². The summed E-state index contributed by atoms with van der Waals surface area (Å²) in [4.78, 5) is 6.92. The lowest BCUT2D eigenvalue weighted by molar-refractivity contribution is 0.203. The molecule has 0 radical (unpaired) electrons. The summed E-state index contributed by atoms with van der Waals surface area (Å²) in [7, 11) is 1.67. The molecule has 0 aliphatic rings. The number of nitrogens with one attached hydrogen (secondary N) is 1. The Balaban J connectivity index is 2.63. The third-order valence-electron chi connectivity index (χ3n) is 3.73. The second kappa shape index (κ2) is 11.0. The van der Waals surface area contributed by atoms with E-state index in [4.69, 9.17) is 10.5 Å². The lowest BCUT2D eigenvalue weighted by Crippen LogP contribution is -2.41. The van der Waals surface area contributed by atoms with Gasteiger partial charge >= 0.3 is 0 Å². The minimum absolute atomic E-state index is 0.361. The van der Waals surface area contributed by atoms with Crippen LogP contribution in [0.5, 0.6) is 0 Å². The molecule has 5 heteroatoms. The van der Waals surface area contributed by atoms with Crippen molar-refractivity contribution in [2.75, 3.05) is 39.9 Å². The average molecular weight is 306 g/mol. The van der Waals surface area contributed by atoms with E-state index in [9.17, 15) is 0 Å². The number of nitrogens with zero attached hydrogens (tertiary/aromatic N) is 2. The fraction of sp³-hybridized carbons (Fsp3) is 0.588. The highest BCUT2D eigenvalue weighted by Crippen LogP contribution is 2.09. The SMILES string of the molecule is CCN(CC)C(CN=C(N)NCCOC)Cc1ccccc1. The van der Waals surface area contributed by atoms with Crippen LogP contribution in [0.2, 0.25) is 0 Å². The molecule has 0 aromatic heterocycles. The van der Waals surface area contributed by atoms with Gasteiger partial charge in [0.2, 0.25) is 0 Å². The summed E-state index contributed by atoms with van der Waals surface area (Å²) >= 11 is 0. The predicted molar refractivity (Wildman–Crippen MR) is 93.2 cm³/mol. The maximum atomic E-state index is 5.90. The van der Waals surface area contributed by atoms with Crippen LogP contribution in [-0.2, 0) is 11.2 Å². The molecule has 0 aliphatic heterocycles. The quantitative estimate of drug-likeness (QED) is 0.390. The third-order valence-corrected chi connectivity index (χ3v) is 3.73. The van der Waals surface area contributed by atoms with Crippen LogP contribution in [0.3, 0.4) is 0 Å². The largest absolute Gasteiger partial charge is 0.383 e. The molecule has 0 bridgehead atoms. The van der Waals surface area contributed by atoms with Crippen molar-refractivity contribution in [2.24, 2.45) is 10.7 Å². The zero-order valence-corrected chi connectivity index (χ0v) is 14.1. The van der Waals surface area contributed by atoms with Crippen LogP contribution >= 0.6 is 0 Å². The van der Waals surface area contributed by atoms with E-state index in [0.29, 0.717) is 31.7 Å². The number of aliphatic imine (C=N–C) groups is 1. The predicted octanol–water partition coefficient (Wildman–Crippen LogP) is 1.49. The molecule has 22 heavy (non-hydrogen) atoms. The highest BCUT2D eigenvalue weighted by atomic mass is 16.5. The van der Waals surface area contributed by atoms with Crippen molar-refractivity contribution in [1.82, 2.24) is 10.2 Å². The molecule has 0 amide bonds. The Kier molecular flexibility index (Phi) is 9.26. The van der Waals surface area contributed by atoms with Gasteiger partial charge in [-0.15, -0.1) is 0 Å². The van der Waals surface area contributed by atoms with E-state index >= 15 is 0 Å². The number of methoxy groups -OCH3 is 1. The zero-order chi connectivity index (χ0) is 16.2. The van der Waals surface area contributed by atoms with E-state index < -0.39 is 0 Å². The van der Waals surface area contributed by atoms with Gasteiger partial charge in [-0.3, -0.25) is 9.89 Å².